The molecule has 142 valence electrons. The number of para-hydroxylation sites is 1. The number of ether oxygens (including phenoxy) is 1. The van der Waals surface area contributed by atoms with E-state index in [9.17, 15) is 4.79 Å². The normalized spacial score (nSPS) is 16.3. The van der Waals surface area contributed by atoms with Gasteiger partial charge in [-0.2, -0.15) is 11.8 Å². The molecule has 1 aliphatic rings. The van der Waals surface area contributed by atoms with E-state index >= 15 is 0 Å². The molecule has 1 aliphatic heterocycles. The predicted octanol–water partition coefficient (Wildman–Crippen LogP) is 3.55. The predicted molar refractivity (Wildman–Crippen MR) is 105 cm³/mol. The van der Waals surface area contributed by atoms with Crippen molar-refractivity contribution in [2.75, 3.05) is 38.2 Å². The van der Waals surface area contributed by atoms with E-state index in [0.29, 0.717) is 17.9 Å². The first kappa shape index (κ1) is 18.0. The number of methoxy groups -OCH3 is 1. The summed E-state index contributed by atoms with van der Waals surface area (Å²) in [5.41, 5.74) is 0.584. The highest BCUT2D eigenvalue weighted by Gasteiger charge is 2.26. The van der Waals surface area contributed by atoms with Gasteiger partial charge in [-0.3, -0.25) is 9.69 Å². The second-order valence-corrected chi connectivity index (χ2v) is 7.60. The summed E-state index contributed by atoms with van der Waals surface area (Å²) in [6.07, 6.45) is 1.67. The molecule has 1 atom stereocenters. The maximum absolute atomic E-state index is 12.7. The number of nitrogens with zero attached hydrogens (tertiary/aromatic N) is 1. The number of thioether (sulfide) groups is 1. The van der Waals surface area contributed by atoms with Gasteiger partial charge in [0.25, 0.3) is 5.91 Å². The van der Waals surface area contributed by atoms with Crippen LogP contribution in [0.5, 0.6) is 5.75 Å². The number of hydrogen-bond acceptors (Lipinski definition) is 6. The molecule has 1 aromatic carbocycles. The first-order valence-corrected chi connectivity index (χ1v) is 10.1. The molecule has 7 heteroatoms. The summed E-state index contributed by atoms with van der Waals surface area (Å²) < 4.78 is 16.7. The summed E-state index contributed by atoms with van der Waals surface area (Å²) in [4.78, 5) is 15.0. The van der Waals surface area contributed by atoms with E-state index < -0.39 is 0 Å². The third-order valence-electron chi connectivity index (χ3n) is 4.77. The van der Waals surface area contributed by atoms with E-state index in [1.807, 2.05) is 42.1 Å². The number of fused-ring (bicyclic) bond motifs is 1. The van der Waals surface area contributed by atoms with E-state index in [0.717, 1.165) is 35.7 Å². The molecule has 27 heavy (non-hydrogen) atoms. The highest BCUT2D eigenvalue weighted by molar-refractivity contribution is 7.99. The second-order valence-electron chi connectivity index (χ2n) is 6.38. The number of furan rings is 2. The minimum atomic E-state index is -0.240. The Labute approximate surface area is 161 Å². The number of benzene rings is 1. The van der Waals surface area contributed by atoms with Gasteiger partial charge in [-0.05, 0) is 24.3 Å². The maximum Gasteiger partial charge on any atom is 0.287 e. The SMILES string of the molecule is COc1cccc2cc(C(=O)NCC(c3ccco3)N3CCSCC3)oc12. The van der Waals surface area contributed by atoms with E-state index in [2.05, 4.69) is 10.2 Å². The van der Waals surface area contributed by atoms with Gasteiger partial charge in [0.1, 0.15) is 5.76 Å². The number of hydrogen-bond donors (Lipinski definition) is 1. The average Bonchev–Trinajstić information content (AvgIpc) is 3.38. The standard InChI is InChI=1S/C20H22N2O4S/c1-24-17-5-2-4-14-12-18(26-19(14)17)20(23)21-13-15(16-6-3-9-25-16)22-7-10-27-11-8-22/h2-6,9,12,15H,7-8,10-11,13H2,1H3,(H,21,23). The van der Waals surface area contributed by atoms with Crippen molar-refractivity contribution in [3.8, 4) is 5.75 Å². The number of rotatable bonds is 6. The van der Waals surface area contributed by atoms with Gasteiger partial charge in [0.2, 0.25) is 0 Å². The van der Waals surface area contributed by atoms with Crippen molar-refractivity contribution >= 4 is 28.6 Å². The molecule has 0 bridgehead atoms. The molecule has 6 nitrogen and oxygen atoms in total. The lowest BCUT2D eigenvalue weighted by Gasteiger charge is -2.33. The number of nitrogens with one attached hydrogen (secondary N) is 1. The van der Waals surface area contributed by atoms with Gasteiger partial charge in [-0.15, -0.1) is 0 Å². The first-order chi connectivity index (χ1) is 13.3. The first-order valence-electron chi connectivity index (χ1n) is 8.96. The van der Waals surface area contributed by atoms with Crippen LogP contribution in [0.25, 0.3) is 11.0 Å². The van der Waals surface area contributed by atoms with Crippen LogP contribution in [0.2, 0.25) is 0 Å². The summed E-state index contributed by atoms with van der Waals surface area (Å²) in [6, 6.07) is 11.2. The van der Waals surface area contributed by atoms with Gasteiger partial charge in [0.05, 0.1) is 19.4 Å². The summed E-state index contributed by atoms with van der Waals surface area (Å²) in [6.45, 7) is 2.42. The average molecular weight is 386 g/mol. The van der Waals surface area contributed by atoms with Crippen molar-refractivity contribution in [1.82, 2.24) is 10.2 Å². The smallest absolute Gasteiger partial charge is 0.287 e. The van der Waals surface area contributed by atoms with Crippen LogP contribution < -0.4 is 10.1 Å². The molecular weight excluding hydrogens is 364 g/mol. The quantitative estimate of drug-likeness (QED) is 0.699. The van der Waals surface area contributed by atoms with Crippen molar-refractivity contribution in [3.63, 3.8) is 0 Å². The fourth-order valence-corrected chi connectivity index (χ4v) is 4.30. The van der Waals surface area contributed by atoms with Crippen LogP contribution >= 0.6 is 11.8 Å². The number of amides is 1. The Balaban J connectivity index is 1.49. The van der Waals surface area contributed by atoms with Gasteiger partial charge >= 0.3 is 0 Å². The third kappa shape index (κ3) is 3.84. The zero-order valence-corrected chi connectivity index (χ0v) is 16.0. The summed E-state index contributed by atoms with van der Waals surface area (Å²) >= 11 is 1.95. The van der Waals surface area contributed by atoms with Crippen LogP contribution in [0.3, 0.4) is 0 Å². The van der Waals surface area contributed by atoms with Gasteiger partial charge in [0, 0.05) is 36.5 Å². The molecule has 0 radical (unpaired) electrons. The topological polar surface area (TPSA) is 67.8 Å². The molecule has 3 aromatic rings. The molecule has 1 saturated heterocycles. The largest absolute Gasteiger partial charge is 0.493 e. The monoisotopic (exact) mass is 386 g/mol. The maximum atomic E-state index is 12.7. The lowest BCUT2D eigenvalue weighted by Crippen LogP contribution is -2.41. The van der Waals surface area contributed by atoms with Gasteiger partial charge in [0.15, 0.2) is 17.1 Å². The van der Waals surface area contributed by atoms with Gasteiger partial charge < -0.3 is 18.9 Å². The van der Waals surface area contributed by atoms with Crippen molar-refractivity contribution in [3.05, 3.63) is 54.2 Å². The molecular formula is C20H22N2O4S. The fourth-order valence-electron chi connectivity index (χ4n) is 3.37. The highest BCUT2D eigenvalue weighted by Crippen LogP contribution is 2.29. The van der Waals surface area contributed by atoms with Crippen molar-refractivity contribution in [2.24, 2.45) is 0 Å². The van der Waals surface area contributed by atoms with Crippen LogP contribution in [0.1, 0.15) is 22.4 Å². The van der Waals surface area contributed by atoms with Crippen molar-refractivity contribution < 1.29 is 18.4 Å². The van der Waals surface area contributed by atoms with E-state index in [1.54, 1.807) is 19.4 Å². The zero-order valence-electron chi connectivity index (χ0n) is 15.1. The summed E-state index contributed by atoms with van der Waals surface area (Å²) in [5.74, 6) is 3.71. The molecule has 4 rings (SSSR count). The van der Waals surface area contributed by atoms with Gasteiger partial charge in [-0.1, -0.05) is 12.1 Å². The molecule has 2 aromatic heterocycles. The summed E-state index contributed by atoms with van der Waals surface area (Å²) in [5, 5.41) is 3.84. The Kier molecular flexibility index (Phi) is 5.40. The Hall–Kier alpha value is -2.38. The fraction of sp³-hybridized carbons (Fsp3) is 0.350. The number of carbonyl (C=O) groups excluding carboxylic acids is 1. The number of carbonyl (C=O) groups is 1. The van der Waals surface area contributed by atoms with Crippen molar-refractivity contribution in [2.45, 2.75) is 6.04 Å². The third-order valence-corrected chi connectivity index (χ3v) is 5.71. The van der Waals surface area contributed by atoms with Crippen LogP contribution in [-0.4, -0.2) is 49.1 Å². The van der Waals surface area contributed by atoms with Crippen molar-refractivity contribution in [1.29, 1.82) is 0 Å². The van der Waals surface area contributed by atoms with Crippen LogP contribution in [0, 0.1) is 0 Å². The Morgan fingerprint density at radius 3 is 2.89 bits per heavy atom. The zero-order chi connectivity index (χ0) is 18.6. The van der Waals surface area contributed by atoms with Crippen LogP contribution in [0.15, 0.2) is 51.5 Å². The summed E-state index contributed by atoms with van der Waals surface area (Å²) in [7, 11) is 1.59. The molecule has 1 amide bonds. The molecule has 0 saturated carbocycles. The van der Waals surface area contributed by atoms with Gasteiger partial charge in [-0.25, -0.2) is 0 Å². The van der Waals surface area contributed by atoms with E-state index in [1.165, 1.54) is 0 Å². The Bertz CT molecular complexity index is 900. The minimum absolute atomic E-state index is 0.0174. The molecule has 1 N–H and O–H groups in total. The van der Waals surface area contributed by atoms with Crippen LogP contribution in [0.4, 0.5) is 0 Å². The molecule has 1 unspecified atom stereocenters. The molecule has 0 aliphatic carbocycles. The second kappa shape index (κ2) is 8.10. The molecule has 1 fully saturated rings. The molecule has 0 spiro atoms. The van der Waals surface area contributed by atoms with Crippen LogP contribution in [-0.2, 0) is 0 Å². The Morgan fingerprint density at radius 2 is 2.15 bits per heavy atom. The minimum Gasteiger partial charge on any atom is -0.493 e. The molecule has 3 heterocycles. The van der Waals surface area contributed by atoms with E-state index in [-0.39, 0.29) is 17.7 Å². The lowest BCUT2D eigenvalue weighted by molar-refractivity contribution is 0.0904. The van der Waals surface area contributed by atoms with E-state index in [4.69, 9.17) is 13.6 Å². The highest BCUT2D eigenvalue weighted by atomic mass is 32.2. The lowest BCUT2D eigenvalue weighted by atomic mass is 10.1. The Morgan fingerprint density at radius 1 is 1.30 bits per heavy atom.